The van der Waals surface area contributed by atoms with E-state index in [9.17, 15) is 24.0 Å². The van der Waals surface area contributed by atoms with E-state index in [0.717, 1.165) is 16.6 Å². The fraction of sp³-hybridized carbons (Fsp3) is 0.318. The predicted octanol–water partition coefficient (Wildman–Crippen LogP) is 2.62. The van der Waals surface area contributed by atoms with Crippen LogP contribution in [0.5, 0.6) is 0 Å². The molecule has 0 aliphatic heterocycles. The van der Waals surface area contributed by atoms with Gasteiger partial charge in [0.25, 0.3) is 5.56 Å². The van der Waals surface area contributed by atoms with Crippen molar-refractivity contribution in [3.63, 3.8) is 0 Å². The number of ether oxygens (including phenoxy) is 1. The minimum Gasteiger partial charge on any atom is -0.421 e. The van der Waals surface area contributed by atoms with Crippen molar-refractivity contribution in [2.75, 3.05) is 6.61 Å². The van der Waals surface area contributed by atoms with E-state index in [2.05, 4.69) is 0 Å². The Kier molecular flexibility index (Phi) is 6.79. The fourth-order valence-electron chi connectivity index (χ4n) is 3.30. The second-order valence-corrected chi connectivity index (χ2v) is 6.89. The zero-order chi connectivity index (χ0) is 21.7. The maximum atomic E-state index is 13.1. The van der Waals surface area contributed by atoms with Gasteiger partial charge in [-0.2, -0.15) is 0 Å². The van der Waals surface area contributed by atoms with E-state index in [1.165, 1.54) is 12.1 Å². The monoisotopic (exact) mass is 414 g/mol. The van der Waals surface area contributed by atoms with Crippen LogP contribution in [0.1, 0.15) is 41.4 Å². The minimum absolute atomic E-state index is 0.00400. The third-order valence-corrected chi connectivity index (χ3v) is 4.91. The van der Waals surface area contributed by atoms with E-state index in [1.54, 1.807) is 31.2 Å². The van der Waals surface area contributed by atoms with E-state index in [-0.39, 0.29) is 41.6 Å². The van der Waals surface area contributed by atoms with E-state index < -0.39 is 17.0 Å². The predicted molar refractivity (Wildman–Crippen MR) is 108 cm³/mol. The number of benzene rings is 1. The summed E-state index contributed by atoms with van der Waals surface area (Å²) in [6, 6.07) is 5.95. The van der Waals surface area contributed by atoms with Crippen LogP contribution in [-0.2, 0) is 24.3 Å². The van der Waals surface area contributed by atoms with E-state index in [4.69, 9.17) is 4.74 Å². The molecule has 158 valence electrons. The van der Waals surface area contributed by atoms with Gasteiger partial charge in [-0.15, -0.1) is 0 Å². The van der Waals surface area contributed by atoms with Crippen molar-refractivity contribution in [3.8, 4) is 0 Å². The van der Waals surface area contributed by atoms with Gasteiger partial charge in [0.05, 0.1) is 6.61 Å². The van der Waals surface area contributed by atoms with Crippen molar-refractivity contribution in [3.05, 3.63) is 91.5 Å². The molecule has 1 N–H and O–H groups in total. The van der Waals surface area contributed by atoms with E-state index in [0.29, 0.717) is 18.4 Å². The van der Waals surface area contributed by atoms with Gasteiger partial charge in [0.15, 0.2) is 0 Å². The molecular formula is C22H23FN2O5. The number of allylic oxidation sites excluding steroid dienone is 4. The normalized spacial score (nSPS) is 13.3. The lowest BCUT2D eigenvalue weighted by molar-refractivity contribution is 0.0615. The number of carbonyl (C=O) groups is 1. The molecule has 0 amide bonds. The lowest BCUT2D eigenvalue weighted by atomic mass is 9.98. The number of halogens is 1. The molecule has 1 aliphatic rings. The summed E-state index contributed by atoms with van der Waals surface area (Å²) in [5, 5.41) is 9.92. The van der Waals surface area contributed by atoms with Crippen LogP contribution in [0, 0.1) is 5.82 Å². The van der Waals surface area contributed by atoms with Gasteiger partial charge in [-0.3, -0.25) is 14.2 Å². The molecule has 1 aromatic heterocycles. The number of carbonyl (C=O) groups excluding carboxylic acids is 1. The summed E-state index contributed by atoms with van der Waals surface area (Å²) in [4.78, 5) is 38.0. The number of rotatable bonds is 8. The molecular weight excluding hydrogens is 391 g/mol. The summed E-state index contributed by atoms with van der Waals surface area (Å²) in [6.07, 6.45) is 7.41. The molecule has 3 rings (SSSR count). The van der Waals surface area contributed by atoms with Crippen LogP contribution in [-0.4, -0.2) is 26.9 Å². The number of ketones is 1. The van der Waals surface area contributed by atoms with Crippen LogP contribution < -0.4 is 11.2 Å². The fourth-order valence-corrected chi connectivity index (χ4v) is 3.30. The molecule has 1 aliphatic carbocycles. The summed E-state index contributed by atoms with van der Waals surface area (Å²) in [6.45, 7) is 1.55. The second kappa shape index (κ2) is 9.49. The number of hydrogen-bond acceptors (Lipinski definition) is 5. The van der Waals surface area contributed by atoms with Crippen molar-refractivity contribution >= 4 is 5.78 Å². The van der Waals surface area contributed by atoms with Crippen molar-refractivity contribution in [2.45, 2.75) is 39.3 Å². The van der Waals surface area contributed by atoms with Gasteiger partial charge in [0.2, 0.25) is 5.78 Å². The molecule has 1 aromatic carbocycles. The van der Waals surface area contributed by atoms with Crippen LogP contribution in [0.4, 0.5) is 4.39 Å². The highest BCUT2D eigenvalue weighted by Crippen LogP contribution is 2.17. The van der Waals surface area contributed by atoms with Crippen molar-refractivity contribution in [2.24, 2.45) is 0 Å². The van der Waals surface area contributed by atoms with Gasteiger partial charge in [-0.25, -0.2) is 9.18 Å². The van der Waals surface area contributed by atoms with E-state index in [1.807, 2.05) is 6.08 Å². The molecule has 0 saturated carbocycles. The zero-order valence-corrected chi connectivity index (χ0v) is 16.6. The Morgan fingerprint density at radius 1 is 1.20 bits per heavy atom. The molecule has 30 heavy (non-hydrogen) atoms. The summed E-state index contributed by atoms with van der Waals surface area (Å²) in [7, 11) is 0. The SMILES string of the molecule is CCc1c(C(=O)C2=CCCC=C2)n(COCCc2ccc(F)cc2)c(=O)n(O)c1=O. The molecule has 0 atom stereocenters. The highest BCUT2D eigenvalue weighted by atomic mass is 19.1. The second-order valence-electron chi connectivity index (χ2n) is 6.89. The standard InChI is InChI=1S/C22H23FN2O5/c1-2-18-19(20(26)16-6-4-3-5-7-16)24(22(28)25(29)21(18)27)14-30-13-12-15-8-10-17(23)11-9-15/h4,6-11,29H,2-3,5,12-14H2,1H3. The number of aromatic nitrogens is 2. The van der Waals surface area contributed by atoms with Gasteiger partial charge in [0, 0.05) is 11.1 Å². The molecule has 0 radical (unpaired) electrons. The molecule has 1 heterocycles. The van der Waals surface area contributed by atoms with Crippen LogP contribution >= 0.6 is 0 Å². The Balaban J connectivity index is 1.89. The van der Waals surface area contributed by atoms with Crippen LogP contribution in [0.3, 0.4) is 0 Å². The molecule has 7 nitrogen and oxygen atoms in total. The van der Waals surface area contributed by atoms with Gasteiger partial charge in [-0.1, -0.05) is 42.0 Å². The van der Waals surface area contributed by atoms with E-state index >= 15 is 0 Å². The zero-order valence-electron chi connectivity index (χ0n) is 16.6. The topological polar surface area (TPSA) is 90.5 Å². The Morgan fingerprint density at radius 2 is 1.93 bits per heavy atom. The van der Waals surface area contributed by atoms with Gasteiger partial charge < -0.3 is 9.94 Å². The molecule has 0 saturated heterocycles. The highest BCUT2D eigenvalue weighted by Gasteiger charge is 2.25. The summed E-state index contributed by atoms with van der Waals surface area (Å²) < 4.78 is 19.5. The number of nitrogens with zero attached hydrogens (tertiary/aromatic N) is 2. The van der Waals surface area contributed by atoms with Crippen molar-refractivity contribution in [1.29, 1.82) is 0 Å². The van der Waals surface area contributed by atoms with Crippen LogP contribution in [0.25, 0.3) is 0 Å². The first kappa shape index (κ1) is 21.4. The lowest BCUT2D eigenvalue weighted by Crippen LogP contribution is -2.44. The smallest absolute Gasteiger partial charge is 0.366 e. The Hall–Kier alpha value is -3.26. The third kappa shape index (κ3) is 4.49. The van der Waals surface area contributed by atoms with Gasteiger partial charge in [0.1, 0.15) is 18.2 Å². The highest BCUT2D eigenvalue weighted by molar-refractivity contribution is 6.10. The molecule has 0 unspecified atom stereocenters. The van der Waals surface area contributed by atoms with Crippen LogP contribution in [0.15, 0.2) is 57.7 Å². The average Bonchev–Trinajstić information content (AvgIpc) is 2.77. The van der Waals surface area contributed by atoms with Crippen LogP contribution in [0.2, 0.25) is 0 Å². The van der Waals surface area contributed by atoms with Crippen molar-refractivity contribution in [1.82, 2.24) is 9.30 Å². The lowest BCUT2D eigenvalue weighted by Gasteiger charge is -2.17. The molecule has 8 heteroatoms. The first-order valence-corrected chi connectivity index (χ1v) is 9.75. The van der Waals surface area contributed by atoms with Gasteiger partial charge >= 0.3 is 5.69 Å². The van der Waals surface area contributed by atoms with Gasteiger partial charge in [-0.05, 0) is 43.4 Å². The number of Topliss-reactive ketones (excluding diaryl/α,β-unsaturated/α-hetero) is 1. The molecule has 0 bridgehead atoms. The molecule has 0 spiro atoms. The average molecular weight is 414 g/mol. The molecule has 2 aromatic rings. The quantitative estimate of drug-likeness (QED) is 0.407. The number of hydrogen-bond donors (Lipinski definition) is 1. The Morgan fingerprint density at radius 3 is 2.57 bits per heavy atom. The maximum Gasteiger partial charge on any atom is 0.366 e. The first-order valence-electron chi connectivity index (χ1n) is 9.75. The maximum absolute atomic E-state index is 13.1. The molecule has 0 fully saturated rings. The first-order chi connectivity index (χ1) is 14.4. The summed E-state index contributed by atoms with van der Waals surface area (Å²) in [5.74, 6) is -0.794. The third-order valence-electron chi connectivity index (χ3n) is 4.91. The Labute approximate surface area is 172 Å². The largest absolute Gasteiger partial charge is 0.421 e. The van der Waals surface area contributed by atoms with Crippen molar-refractivity contribution < 1.29 is 19.1 Å². The summed E-state index contributed by atoms with van der Waals surface area (Å²) >= 11 is 0. The minimum atomic E-state index is -1.04. The Bertz CT molecular complexity index is 1110. The summed E-state index contributed by atoms with van der Waals surface area (Å²) in [5.41, 5.74) is -0.734.